The molecule has 8 heteroatoms. The Morgan fingerprint density at radius 3 is 2.24 bits per heavy atom. The van der Waals surface area contributed by atoms with Gasteiger partial charge in [0.05, 0.1) is 23.9 Å². The second kappa shape index (κ2) is 10.2. The summed E-state index contributed by atoms with van der Waals surface area (Å²) in [6.07, 6.45) is 0. The van der Waals surface area contributed by atoms with Gasteiger partial charge in [-0.15, -0.1) is 0 Å². The van der Waals surface area contributed by atoms with Crippen LogP contribution in [0.4, 0.5) is 11.4 Å². The number of carbonyl (C=O) groups is 3. The van der Waals surface area contributed by atoms with Crippen molar-refractivity contribution in [2.24, 2.45) is 0 Å². The molecule has 1 heterocycles. The van der Waals surface area contributed by atoms with Crippen LogP contribution < -0.4 is 24.4 Å². The quantitative estimate of drug-likeness (QED) is 0.334. The molecule has 0 saturated carbocycles. The summed E-state index contributed by atoms with van der Waals surface area (Å²) in [5.74, 6) is 0.855. The molecule has 1 N–H and O–H groups in total. The van der Waals surface area contributed by atoms with Gasteiger partial charge in [-0.2, -0.15) is 0 Å². The van der Waals surface area contributed by atoms with Gasteiger partial charge in [-0.05, 0) is 54.6 Å². The lowest BCUT2D eigenvalue weighted by molar-refractivity contribution is -0.118. The molecule has 0 atom stereocenters. The smallest absolute Gasteiger partial charge is 0.266 e. The number of benzene rings is 4. The fourth-order valence-electron chi connectivity index (χ4n) is 3.91. The minimum Gasteiger partial charge on any atom is -0.497 e. The van der Waals surface area contributed by atoms with Crippen molar-refractivity contribution in [3.63, 3.8) is 0 Å². The molecule has 5 rings (SSSR count). The topological polar surface area (TPSA) is 94.2 Å². The molecule has 0 unspecified atom stereocenters. The molecule has 0 aliphatic carbocycles. The largest absolute Gasteiger partial charge is 0.497 e. The number of hydrogen-bond donors (Lipinski definition) is 1. The highest BCUT2D eigenvalue weighted by atomic mass is 16.5. The number of hydrogen-bond acceptors (Lipinski definition) is 6. The number of nitrogens with zero attached hydrogens (tertiary/aromatic N) is 1. The number of amides is 3. The van der Waals surface area contributed by atoms with Crippen molar-refractivity contribution in [3.05, 3.63) is 108 Å². The van der Waals surface area contributed by atoms with Crippen molar-refractivity contribution < 1.29 is 28.6 Å². The van der Waals surface area contributed by atoms with E-state index in [0.717, 1.165) is 4.90 Å². The van der Waals surface area contributed by atoms with E-state index in [0.29, 0.717) is 39.9 Å². The van der Waals surface area contributed by atoms with Gasteiger partial charge < -0.3 is 19.5 Å². The molecular formula is C29H22N2O6. The molecule has 0 fully saturated rings. The summed E-state index contributed by atoms with van der Waals surface area (Å²) in [6.45, 7) is -0.183. The number of imide groups is 1. The highest BCUT2D eigenvalue weighted by molar-refractivity contribution is 6.34. The highest BCUT2D eigenvalue weighted by Gasteiger charge is 2.36. The van der Waals surface area contributed by atoms with E-state index in [1.807, 2.05) is 6.07 Å². The number of nitrogens with one attached hydrogen (secondary N) is 1. The summed E-state index contributed by atoms with van der Waals surface area (Å²) < 4.78 is 16.6. The average Bonchev–Trinajstić information content (AvgIpc) is 3.17. The molecule has 3 amide bonds. The van der Waals surface area contributed by atoms with Crippen LogP contribution in [0, 0.1) is 0 Å². The van der Waals surface area contributed by atoms with Gasteiger partial charge in [0.25, 0.3) is 17.7 Å². The molecule has 4 aromatic carbocycles. The van der Waals surface area contributed by atoms with Crippen LogP contribution in [-0.4, -0.2) is 31.4 Å². The number of methoxy groups -OCH3 is 1. The van der Waals surface area contributed by atoms with E-state index in [-0.39, 0.29) is 24.0 Å². The fraction of sp³-hybridized carbons (Fsp3) is 0.0690. The molecule has 0 bridgehead atoms. The van der Waals surface area contributed by atoms with E-state index < -0.39 is 5.91 Å². The van der Waals surface area contributed by atoms with Crippen molar-refractivity contribution in [2.75, 3.05) is 23.9 Å². The third-order valence-corrected chi connectivity index (χ3v) is 5.64. The molecule has 0 aromatic heterocycles. The van der Waals surface area contributed by atoms with Gasteiger partial charge in [0.1, 0.15) is 23.0 Å². The number of para-hydroxylation sites is 1. The molecule has 184 valence electrons. The van der Waals surface area contributed by atoms with Crippen LogP contribution in [0.2, 0.25) is 0 Å². The Balaban J connectivity index is 1.24. The Morgan fingerprint density at radius 1 is 0.730 bits per heavy atom. The van der Waals surface area contributed by atoms with Gasteiger partial charge in [0.15, 0.2) is 6.61 Å². The molecule has 0 saturated heterocycles. The predicted molar refractivity (Wildman–Crippen MR) is 138 cm³/mol. The monoisotopic (exact) mass is 494 g/mol. The van der Waals surface area contributed by atoms with E-state index in [1.54, 1.807) is 98.1 Å². The van der Waals surface area contributed by atoms with E-state index in [1.165, 1.54) is 0 Å². The Kier molecular flexibility index (Phi) is 6.54. The second-order valence-electron chi connectivity index (χ2n) is 8.13. The normalized spacial score (nSPS) is 12.2. The molecule has 37 heavy (non-hydrogen) atoms. The first kappa shape index (κ1) is 23.6. The van der Waals surface area contributed by atoms with Gasteiger partial charge in [-0.1, -0.05) is 30.3 Å². The molecular weight excluding hydrogens is 472 g/mol. The lowest BCUT2D eigenvalue weighted by Crippen LogP contribution is -2.29. The lowest BCUT2D eigenvalue weighted by Gasteiger charge is -2.13. The molecule has 1 aliphatic heterocycles. The zero-order valence-corrected chi connectivity index (χ0v) is 19.8. The fourth-order valence-corrected chi connectivity index (χ4v) is 3.91. The maximum Gasteiger partial charge on any atom is 0.266 e. The van der Waals surface area contributed by atoms with Gasteiger partial charge in [0.2, 0.25) is 0 Å². The van der Waals surface area contributed by atoms with E-state index >= 15 is 0 Å². The predicted octanol–water partition coefficient (Wildman–Crippen LogP) is 5.31. The minimum atomic E-state index is -0.409. The van der Waals surface area contributed by atoms with Crippen LogP contribution in [0.3, 0.4) is 0 Å². The number of ether oxygens (including phenoxy) is 3. The molecule has 8 nitrogen and oxygen atoms in total. The Hall–Kier alpha value is -5.11. The van der Waals surface area contributed by atoms with E-state index in [2.05, 4.69) is 5.32 Å². The Morgan fingerprint density at radius 2 is 1.43 bits per heavy atom. The first-order valence-electron chi connectivity index (χ1n) is 11.4. The van der Waals surface area contributed by atoms with Crippen molar-refractivity contribution in [3.8, 4) is 23.0 Å². The SMILES string of the molecule is COc1cccc(OCC(=O)Nc2cccc(Oc3ccc4c(c3)C(=O)N(c3ccccc3)C4=O)c2)c1. The van der Waals surface area contributed by atoms with E-state index in [4.69, 9.17) is 14.2 Å². The maximum atomic E-state index is 13.0. The van der Waals surface area contributed by atoms with Crippen LogP contribution in [0.1, 0.15) is 20.7 Å². The zero-order valence-electron chi connectivity index (χ0n) is 19.8. The van der Waals surface area contributed by atoms with Crippen molar-refractivity contribution in [2.45, 2.75) is 0 Å². The summed E-state index contributed by atoms with van der Waals surface area (Å²) in [6, 6.07) is 27.3. The minimum absolute atomic E-state index is 0.183. The number of carbonyl (C=O) groups excluding carboxylic acids is 3. The first-order valence-corrected chi connectivity index (χ1v) is 11.4. The average molecular weight is 495 g/mol. The summed E-state index contributed by atoms with van der Waals surface area (Å²) in [4.78, 5) is 39.3. The van der Waals surface area contributed by atoms with Crippen LogP contribution in [0.15, 0.2) is 97.1 Å². The van der Waals surface area contributed by atoms with Crippen LogP contribution in [0.5, 0.6) is 23.0 Å². The summed E-state index contributed by atoms with van der Waals surface area (Å²) >= 11 is 0. The van der Waals surface area contributed by atoms with Crippen molar-refractivity contribution in [1.82, 2.24) is 0 Å². The second-order valence-corrected chi connectivity index (χ2v) is 8.13. The lowest BCUT2D eigenvalue weighted by atomic mass is 10.1. The number of anilines is 2. The molecule has 4 aromatic rings. The Labute approximate surface area is 213 Å². The maximum absolute atomic E-state index is 13.0. The molecule has 0 spiro atoms. The van der Waals surface area contributed by atoms with Crippen molar-refractivity contribution in [1.29, 1.82) is 0 Å². The summed E-state index contributed by atoms with van der Waals surface area (Å²) in [7, 11) is 1.56. The van der Waals surface area contributed by atoms with Crippen LogP contribution in [0.25, 0.3) is 0 Å². The zero-order chi connectivity index (χ0) is 25.8. The van der Waals surface area contributed by atoms with Gasteiger partial charge in [-0.3, -0.25) is 14.4 Å². The first-order chi connectivity index (χ1) is 18.0. The summed E-state index contributed by atoms with van der Waals surface area (Å²) in [5, 5.41) is 2.76. The molecule has 1 aliphatic rings. The van der Waals surface area contributed by atoms with Crippen molar-refractivity contribution >= 4 is 29.1 Å². The van der Waals surface area contributed by atoms with Gasteiger partial charge in [-0.25, -0.2) is 4.90 Å². The third-order valence-electron chi connectivity index (χ3n) is 5.64. The Bertz CT molecular complexity index is 1480. The van der Waals surface area contributed by atoms with Crippen LogP contribution >= 0.6 is 0 Å². The summed E-state index contributed by atoms with van der Waals surface area (Å²) in [5.41, 5.74) is 1.61. The van der Waals surface area contributed by atoms with Crippen LogP contribution in [-0.2, 0) is 4.79 Å². The standard InChI is InChI=1S/C29H22N2O6/c1-35-21-10-6-11-22(16-21)36-18-27(32)30-19-7-5-12-23(15-19)37-24-13-14-25-26(17-24)29(34)31(28(25)33)20-8-3-2-4-9-20/h2-17H,18H2,1H3,(H,30,32). The third kappa shape index (κ3) is 5.13. The number of rotatable bonds is 8. The highest BCUT2D eigenvalue weighted by Crippen LogP contribution is 2.32. The van der Waals surface area contributed by atoms with Gasteiger partial charge in [0, 0.05) is 17.8 Å². The number of fused-ring (bicyclic) bond motifs is 1. The van der Waals surface area contributed by atoms with E-state index in [9.17, 15) is 14.4 Å². The van der Waals surface area contributed by atoms with Gasteiger partial charge >= 0.3 is 0 Å². The molecule has 0 radical (unpaired) electrons.